The molecule has 0 aliphatic heterocycles. The van der Waals surface area contributed by atoms with Gasteiger partial charge in [-0.05, 0) is 38.5 Å². The summed E-state index contributed by atoms with van der Waals surface area (Å²) in [4.78, 5) is 11.8. The van der Waals surface area contributed by atoms with Crippen LogP contribution in [0.15, 0.2) is 12.2 Å². The minimum atomic E-state index is -0.698. The van der Waals surface area contributed by atoms with Crippen LogP contribution in [0.4, 0.5) is 0 Å². The van der Waals surface area contributed by atoms with Gasteiger partial charge in [-0.1, -0.05) is 69.9 Å². The van der Waals surface area contributed by atoms with Gasteiger partial charge in [-0.25, -0.2) is 0 Å². The van der Waals surface area contributed by atoms with Gasteiger partial charge < -0.3 is 5.11 Å². The van der Waals surface area contributed by atoms with Crippen molar-refractivity contribution in [2.45, 2.75) is 109 Å². The molecule has 0 saturated carbocycles. The summed E-state index contributed by atoms with van der Waals surface area (Å²) in [6.07, 6.45) is 22.2. The molecule has 2 heteroatoms. The fourth-order valence-corrected chi connectivity index (χ4v) is 3.14. The Morgan fingerprint density at radius 2 is 1.14 bits per heavy atom. The van der Waals surface area contributed by atoms with Gasteiger partial charge in [-0.3, -0.25) is 4.79 Å². The SMILES string of the molecule is O=C1CCCCCCCCC=CCCCCCCCCC1O. The summed E-state index contributed by atoms with van der Waals surface area (Å²) in [7, 11) is 0. The Morgan fingerprint density at radius 3 is 1.73 bits per heavy atom. The van der Waals surface area contributed by atoms with Gasteiger partial charge in [0.1, 0.15) is 6.10 Å². The average Bonchev–Trinajstić information content (AvgIpc) is 2.52. The molecule has 0 bridgehead atoms. The molecule has 2 nitrogen and oxygen atoms in total. The quantitative estimate of drug-likeness (QED) is 0.580. The van der Waals surface area contributed by atoms with Crippen LogP contribution in [0.1, 0.15) is 103 Å². The second kappa shape index (κ2) is 14.0. The Morgan fingerprint density at radius 1 is 0.682 bits per heavy atom. The van der Waals surface area contributed by atoms with Crippen molar-refractivity contribution in [3.8, 4) is 0 Å². The lowest BCUT2D eigenvalue weighted by Crippen LogP contribution is -2.19. The molecule has 0 saturated heterocycles. The highest BCUT2D eigenvalue weighted by Gasteiger charge is 2.13. The summed E-state index contributed by atoms with van der Waals surface area (Å²) in [5, 5.41) is 9.88. The van der Waals surface area contributed by atoms with E-state index in [0.29, 0.717) is 12.8 Å². The molecule has 128 valence electrons. The molecule has 0 radical (unpaired) electrons. The number of ketones is 1. The third kappa shape index (κ3) is 11.0. The predicted octanol–water partition coefficient (Wildman–Crippen LogP) is 5.73. The number of allylic oxidation sites excluding steroid dienone is 2. The molecular formula is C20H36O2. The van der Waals surface area contributed by atoms with Gasteiger partial charge >= 0.3 is 0 Å². The van der Waals surface area contributed by atoms with Crippen molar-refractivity contribution in [3.63, 3.8) is 0 Å². The zero-order chi connectivity index (χ0) is 15.9. The molecule has 1 aliphatic carbocycles. The van der Waals surface area contributed by atoms with E-state index in [-0.39, 0.29) is 5.78 Å². The van der Waals surface area contributed by atoms with E-state index < -0.39 is 6.10 Å². The van der Waals surface area contributed by atoms with E-state index in [2.05, 4.69) is 12.2 Å². The number of carbonyl (C=O) groups is 1. The minimum absolute atomic E-state index is 0.0690. The lowest BCUT2D eigenvalue weighted by molar-refractivity contribution is -0.127. The topological polar surface area (TPSA) is 37.3 Å². The van der Waals surface area contributed by atoms with Crippen molar-refractivity contribution in [2.75, 3.05) is 0 Å². The summed E-state index contributed by atoms with van der Waals surface area (Å²) < 4.78 is 0. The fraction of sp³-hybridized carbons (Fsp3) is 0.850. The van der Waals surface area contributed by atoms with Crippen molar-refractivity contribution < 1.29 is 9.90 Å². The first-order valence-electron chi connectivity index (χ1n) is 9.66. The molecule has 0 fully saturated rings. The lowest BCUT2D eigenvalue weighted by atomic mass is 10.0. The van der Waals surface area contributed by atoms with E-state index in [1.807, 2.05) is 0 Å². The maximum absolute atomic E-state index is 11.8. The predicted molar refractivity (Wildman–Crippen MR) is 94.0 cm³/mol. The first-order chi connectivity index (χ1) is 10.8. The van der Waals surface area contributed by atoms with E-state index in [0.717, 1.165) is 25.7 Å². The Bertz CT molecular complexity index is 296. The summed E-state index contributed by atoms with van der Waals surface area (Å²) in [5.41, 5.74) is 0. The number of aliphatic hydroxyl groups is 1. The Labute approximate surface area is 137 Å². The minimum Gasteiger partial charge on any atom is -0.385 e. The van der Waals surface area contributed by atoms with Crippen molar-refractivity contribution in [2.24, 2.45) is 0 Å². The van der Waals surface area contributed by atoms with E-state index in [1.54, 1.807) is 0 Å². The lowest BCUT2D eigenvalue weighted by Gasteiger charge is -2.09. The first kappa shape index (κ1) is 19.4. The standard InChI is InChI=1S/C20H36O2/c21-19-17-15-13-11-9-7-5-3-1-2-4-6-8-10-12-14-16-18-20(19)22/h1-2,19,21H,3-18H2. The highest BCUT2D eigenvalue weighted by molar-refractivity contribution is 5.82. The molecular weight excluding hydrogens is 272 g/mol. The summed E-state index contributed by atoms with van der Waals surface area (Å²) in [6, 6.07) is 0. The highest BCUT2D eigenvalue weighted by atomic mass is 16.3. The van der Waals surface area contributed by atoms with Crippen LogP contribution >= 0.6 is 0 Å². The third-order valence-electron chi connectivity index (χ3n) is 4.68. The third-order valence-corrected chi connectivity index (χ3v) is 4.68. The van der Waals surface area contributed by atoms with Crippen LogP contribution in [0.3, 0.4) is 0 Å². The fourth-order valence-electron chi connectivity index (χ4n) is 3.14. The molecule has 0 amide bonds. The van der Waals surface area contributed by atoms with Gasteiger partial charge in [0.25, 0.3) is 0 Å². The highest BCUT2D eigenvalue weighted by Crippen LogP contribution is 2.14. The summed E-state index contributed by atoms with van der Waals surface area (Å²) in [5.74, 6) is 0.0690. The van der Waals surface area contributed by atoms with Crippen LogP contribution in [-0.2, 0) is 4.79 Å². The number of carbonyl (C=O) groups excluding carboxylic acids is 1. The van der Waals surface area contributed by atoms with Gasteiger partial charge in [0, 0.05) is 6.42 Å². The van der Waals surface area contributed by atoms with Crippen molar-refractivity contribution in [1.29, 1.82) is 0 Å². The van der Waals surface area contributed by atoms with E-state index >= 15 is 0 Å². The largest absolute Gasteiger partial charge is 0.385 e. The van der Waals surface area contributed by atoms with Crippen molar-refractivity contribution in [1.82, 2.24) is 0 Å². The van der Waals surface area contributed by atoms with Crippen LogP contribution in [0.25, 0.3) is 0 Å². The van der Waals surface area contributed by atoms with E-state index in [1.165, 1.54) is 64.2 Å². The van der Waals surface area contributed by atoms with Gasteiger partial charge in [-0.15, -0.1) is 0 Å². The molecule has 1 rings (SSSR count). The normalized spacial score (nSPS) is 25.7. The van der Waals surface area contributed by atoms with Crippen molar-refractivity contribution in [3.05, 3.63) is 12.2 Å². The summed E-state index contributed by atoms with van der Waals surface area (Å²) >= 11 is 0. The monoisotopic (exact) mass is 308 g/mol. The molecule has 0 aromatic rings. The number of aliphatic hydroxyl groups excluding tert-OH is 1. The number of hydrogen-bond donors (Lipinski definition) is 1. The van der Waals surface area contributed by atoms with Crippen molar-refractivity contribution >= 4 is 5.78 Å². The van der Waals surface area contributed by atoms with E-state index in [4.69, 9.17) is 0 Å². The average molecular weight is 309 g/mol. The van der Waals surface area contributed by atoms with Crippen LogP contribution in [0, 0.1) is 0 Å². The molecule has 0 aromatic heterocycles. The molecule has 0 heterocycles. The second-order valence-electron chi connectivity index (χ2n) is 6.81. The van der Waals surface area contributed by atoms with Crippen LogP contribution in [0.5, 0.6) is 0 Å². The number of Topliss-reactive ketones (excluding diaryl/α,β-unsaturated/α-hetero) is 1. The van der Waals surface area contributed by atoms with Crippen LogP contribution < -0.4 is 0 Å². The number of hydrogen-bond acceptors (Lipinski definition) is 2. The maximum Gasteiger partial charge on any atom is 0.161 e. The van der Waals surface area contributed by atoms with Gasteiger partial charge in [0.2, 0.25) is 0 Å². The van der Waals surface area contributed by atoms with Gasteiger partial charge in [-0.2, -0.15) is 0 Å². The molecule has 1 unspecified atom stereocenters. The molecule has 1 aliphatic rings. The molecule has 1 atom stereocenters. The first-order valence-corrected chi connectivity index (χ1v) is 9.66. The van der Waals surface area contributed by atoms with Gasteiger partial charge in [0.05, 0.1) is 0 Å². The molecule has 0 spiro atoms. The Balaban J connectivity index is 2.23. The Kier molecular flexibility index (Phi) is 12.4. The second-order valence-corrected chi connectivity index (χ2v) is 6.81. The molecule has 22 heavy (non-hydrogen) atoms. The smallest absolute Gasteiger partial charge is 0.161 e. The zero-order valence-corrected chi connectivity index (χ0v) is 14.4. The maximum atomic E-state index is 11.8. The molecule has 0 aromatic carbocycles. The van der Waals surface area contributed by atoms with Crippen LogP contribution in [-0.4, -0.2) is 17.0 Å². The Hall–Kier alpha value is -0.630. The zero-order valence-electron chi connectivity index (χ0n) is 14.4. The molecule has 1 N–H and O–H groups in total. The van der Waals surface area contributed by atoms with Crippen LogP contribution in [0.2, 0.25) is 0 Å². The van der Waals surface area contributed by atoms with Gasteiger partial charge in [0.15, 0.2) is 5.78 Å². The van der Waals surface area contributed by atoms with E-state index in [9.17, 15) is 9.90 Å². The summed E-state index contributed by atoms with van der Waals surface area (Å²) in [6.45, 7) is 0. The number of rotatable bonds is 0.